The highest BCUT2D eigenvalue weighted by molar-refractivity contribution is 5.26. The molecule has 0 radical (unpaired) electrons. The maximum absolute atomic E-state index is 3.69. The number of unbranched alkanes of at least 4 members (excludes halogenated alkanes) is 1. The van der Waals surface area contributed by atoms with Gasteiger partial charge in [0.2, 0.25) is 0 Å². The smallest absolute Gasteiger partial charge is 0.00133 e. The van der Waals surface area contributed by atoms with Crippen LogP contribution in [0.4, 0.5) is 0 Å². The van der Waals surface area contributed by atoms with Gasteiger partial charge in [-0.05, 0) is 42.7 Å². The van der Waals surface area contributed by atoms with Gasteiger partial charge in [-0.1, -0.05) is 64.8 Å². The van der Waals surface area contributed by atoms with Gasteiger partial charge in [0.15, 0.2) is 0 Å². The summed E-state index contributed by atoms with van der Waals surface area (Å²) in [6.07, 6.45) is 6.40. The van der Waals surface area contributed by atoms with Crippen LogP contribution in [0.25, 0.3) is 0 Å². The van der Waals surface area contributed by atoms with Gasteiger partial charge < -0.3 is 5.32 Å². The largest absolute Gasteiger partial charge is 0.314 e. The number of hydrogen-bond acceptors (Lipinski definition) is 1. The lowest BCUT2D eigenvalue weighted by atomic mass is 9.74. The van der Waals surface area contributed by atoms with Crippen molar-refractivity contribution in [3.8, 4) is 0 Å². The fourth-order valence-electron chi connectivity index (χ4n) is 2.85. The normalized spacial score (nSPS) is 14.5. The van der Waals surface area contributed by atoms with E-state index in [0.29, 0.717) is 11.5 Å². The molecule has 1 aromatic carbocycles. The Morgan fingerprint density at radius 2 is 1.85 bits per heavy atom. The van der Waals surface area contributed by atoms with E-state index in [1.807, 2.05) is 0 Å². The summed E-state index contributed by atoms with van der Waals surface area (Å²) in [6.45, 7) is 12.5. The van der Waals surface area contributed by atoms with E-state index in [-0.39, 0.29) is 0 Å². The Labute approximate surface area is 126 Å². The molecule has 0 spiro atoms. The van der Waals surface area contributed by atoms with Gasteiger partial charge in [0, 0.05) is 12.6 Å². The molecule has 0 heterocycles. The number of rotatable bonds is 9. The third-order valence-corrected chi connectivity index (χ3v) is 4.52. The van der Waals surface area contributed by atoms with Crippen molar-refractivity contribution in [2.75, 3.05) is 6.54 Å². The van der Waals surface area contributed by atoms with E-state index in [4.69, 9.17) is 0 Å². The fraction of sp³-hybridized carbons (Fsp3) is 0.684. The van der Waals surface area contributed by atoms with Gasteiger partial charge in [0.25, 0.3) is 0 Å². The van der Waals surface area contributed by atoms with E-state index >= 15 is 0 Å². The standard InChI is InChI=1S/C19H33N/c1-6-8-13-19(7-2,15-20-16(3)4)14-18-12-10-9-11-17(18)5/h9-12,16,20H,6-8,13-15H2,1-5H3. The lowest BCUT2D eigenvalue weighted by Crippen LogP contribution is -2.39. The van der Waals surface area contributed by atoms with Crippen molar-refractivity contribution in [1.82, 2.24) is 5.32 Å². The van der Waals surface area contributed by atoms with Crippen LogP contribution < -0.4 is 5.32 Å². The maximum atomic E-state index is 3.69. The molecule has 0 bridgehead atoms. The molecule has 1 unspecified atom stereocenters. The Balaban J connectivity index is 2.87. The Morgan fingerprint density at radius 3 is 2.40 bits per heavy atom. The molecule has 0 saturated heterocycles. The van der Waals surface area contributed by atoms with Gasteiger partial charge in [-0.2, -0.15) is 0 Å². The summed E-state index contributed by atoms with van der Waals surface area (Å²) in [5, 5.41) is 3.69. The van der Waals surface area contributed by atoms with Crippen LogP contribution >= 0.6 is 0 Å². The summed E-state index contributed by atoms with van der Waals surface area (Å²) in [7, 11) is 0. The van der Waals surface area contributed by atoms with Gasteiger partial charge >= 0.3 is 0 Å². The van der Waals surface area contributed by atoms with Crippen LogP contribution in [-0.2, 0) is 6.42 Å². The minimum atomic E-state index is 0.409. The molecule has 0 aromatic heterocycles. The Morgan fingerprint density at radius 1 is 1.15 bits per heavy atom. The van der Waals surface area contributed by atoms with Crippen molar-refractivity contribution in [3.05, 3.63) is 35.4 Å². The third kappa shape index (κ3) is 5.28. The molecule has 0 amide bonds. The second-order valence-corrected chi connectivity index (χ2v) is 6.60. The number of benzene rings is 1. The molecule has 1 rings (SSSR count). The summed E-state index contributed by atoms with van der Waals surface area (Å²) >= 11 is 0. The topological polar surface area (TPSA) is 12.0 Å². The fourth-order valence-corrected chi connectivity index (χ4v) is 2.85. The van der Waals surface area contributed by atoms with E-state index in [9.17, 15) is 0 Å². The minimum absolute atomic E-state index is 0.409. The highest BCUT2D eigenvalue weighted by Gasteiger charge is 2.28. The third-order valence-electron chi connectivity index (χ3n) is 4.52. The average molecular weight is 275 g/mol. The first-order valence-electron chi connectivity index (χ1n) is 8.31. The zero-order valence-electron chi connectivity index (χ0n) is 14.1. The summed E-state index contributed by atoms with van der Waals surface area (Å²) in [4.78, 5) is 0. The van der Waals surface area contributed by atoms with Crippen LogP contribution in [0.2, 0.25) is 0 Å². The van der Waals surface area contributed by atoms with Crippen molar-refractivity contribution in [2.45, 2.75) is 72.8 Å². The summed E-state index contributed by atoms with van der Waals surface area (Å²) in [6, 6.07) is 9.44. The average Bonchev–Trinajstić information content (AvgIpc) is 2.44. The van der Waals surface area contributed by atoms with Crippen LogP contribution in [0.15, 0.2) is 24.3 Å². The van der Waals surface area contributed by atoms with Crippen LogP contribution in [0.1, 0.15) is 64.5 Å². The van der Waals surface area contributed by atoms with Crippen molar-refractivity contribution in [1.29, 1.82) is 0 Å². The second-order valence-electron chi connectivity index (χ2n) is 6.60. The first-order chi connectivity index (χ1) is 9.53. The van der Waals surface area contributed by atoms with E-state index in [0.717, 1.165) is 6.54 Å². The molecule has 1 aromatic rings. The molecule has 114 valence electrons. The van der Waals surface area contributed by atoms with E-state index < -0.39 is 0 Å². The molecule has 1 heteroatoms. The van der Waals surface area contributed by atoms with E-state index in [2.05, 4.69) is 64.2 Å². The first-order valence-corrected chi connectivity index (χ1v) is 8.31. The zero-order valence-corrected chi connectivity index (χ0v) is 14.1. The van der Waals surface area contributed by atoms with Gasteiger partial charge in [-0.3, -0.25) is 0 Å². The lowest BCUT2D eigenvalue weighted by Gasteiger charge is -2.35. The molecular weight excluding hydrogens is 242 g/mol. The van der Waals surface area contributed by atoms with Crippen molar-refractivity contribution in [2.24, 2.45) is 5.41 Å². The van der Waals surface area contributed by atoms with Crippen molar-refractivity contribution >= 4 is 0 Å². The van der Waals surface area contributed by atoms with E-state index in [1.165, 1.54) is 43.2 Å². The monoisotopic (exact) mass is 275 g/mol. The Hall–Kier alpha value is -0.820. The molecule has 0 fully saturated rings. The second kappa shape index (κ2) is 8.46. The van der Waals surface area contributed by atoms with Gasteiger partial charge in [0.1, 0.15) is 0 Å². The molecular formula is C19H33N. The Bertz CT molecular complexity index is 383. The van der Waals surface area contributed by atoms with Crippen LogP contribution in [0, 0.1) is 12.3 Å². The summed E-state index contributed by atoms with van der Waals surface area (Å²) in [5.41, 5.74) is 3.37. The first kappa shape index (κ1) is 17.2. The van der Waals surface area contributed by atoms with Crippen LogP contribution in [0.5, 0.6) is 0 Å². The number of aryl methyl sites for hydroxylation is 1. The number of nitrogens with one attached hydrogen (secondary N) is 1. The van der Waals surface area contributed by atoms with Gasteiger partial charge in [-0.15, -0.1) is 0 Å². The predicted octanol–water partition coefficient (Wildman–Crippen LogP) is 5.12. The quantitative estimate of drug-likeness (QED) is 0.659. The molecule has 1 N–H and O–H groups in total. The lowest BCUT2D eigenvalue weighted by molar-refractivity contribution is 0.222. The zero-order chi connectivity index (χ0) is 15.0. The number of hydrogen-bond donors (Lipinski definition) is 1. The van der Waals surface area contributed by atoms with Crippen LogP contribution in [-0.4, -0.2) is 12.6 Å². The molecule has 0 saturated carbocycles. The summed E-state index contributed by atoms with van der Waals surface area (Å²) < 4.78 is 0. The molecule has 0 aliphatic rings. The molecule has 1 atom stereocenters. The van der Waals surface area contributed by atoms with Gasteiger partial charge in [-0.25, -0.2) is 0 Å². The summed E-state index contributed by atoms with van der Waals surface area (Å²) in [5.74, 6) is 0. The van der Waals surface area contributed by atoms with Crippen molar-refractivity contribution < 1.29 is 0 Å². The highest BCUT2D eigenvalue weighted by Crippen LogP contribution is 2.33. The van der Waals surface area contributed by atoms with Gasteiger partial charge in [0.05, 0.1) is 0 Å². The molecule has 1 nitrogen and oxygen atoms in total. The Kier molecular flexibility index (Phi) is 7.29. The van der Waals surface area contributed by atoms with Crippen molar-refractivity contribution in [3.63, 3.8) is 0 Å². The predicted molar refractivity (Wildman–Crippen MR) is 90.3 cm³/mol. The van der Waals surface area contributed by atoms with E-state index in [1.54, 1.807) is 0 Å². The molecule has 0 aliphatic heterocycles. The van der Waals surface area contributed by atoms with Crippen LogP contribution in [0.3, 0.4) is 0 Å². The minimum Gasteiger partial charge on any atom is -0.314 e. The SMILES string of the molecule is CCCCC(CC)(CNC(C)C)Cc1ccccc1C. The maximum Gasteiger partial charge on any atom is 0.00133 e. The molecule has 0 aliphatic carbocycles. The highest BCUT2D eigenvalue weighted by atomic mass is 14.9. The molecule has 20 heavy (non-hydrogen) atoms.